The van der Waals surface area contributed by atoms with Gasteiger partial charge < -0.3 is 10.2 Å². The second-order valence-corrected chi connectivity index (χ2v) is 11.7. The van der Waals surface area contributed by atoms with Crippen molar-refractivity contribution < 1.29 is 14.4 Å². The van der Waals surface area contributed by atoms with Gasteiger partial charge in [-0.15, -0.1) is 0 Å². The van der Waals surface area contributed by atoms with E-state index >= 15 is 0 Å². The van der Waals surface area contributed by atoms with Gasteiger partial charge in [0, 0.05) is 36.3 Å². The zero-order chi connectivity index (χ0) is 28.3. The van der Waals surface area contributed by atoms with E-state index in [0.29, 0.717) is 44.8 Å². The number of halogens is 1. The highest BCUT2D eigenvalue weighted by atomic mass is 79.9. The molecule has 4 aromatic heterocycles. The van der Waals surface area contributed by atoms with Crippen LogP contribution in [-0.2, 0) is 16.1 Å². The number of aromatic nitrogens is 6. The first-order chi connectivity index (χ1) is 19.0. The number of likely N-dealkylation sites (tertiary alicyclic amines) is 1. The molecular formula is C28H27BrN8O3. The predicted octanol–water partition coefficient (Wildman–Crippen LogP) is 3.88. The number of nitrogens with one attached hydrogen (secondary N) is 1. The minimum atomic E-state index is -0.627. The van der Waals surface area contributed by atoms with Crippen LogP contribution in [0.5, 0.6) is 0 Å². The van der Waals surface area contributed by atoms with E-state index < -0.39 is 6.04 Å². The lowest BCUT2D eigenvalue weighted by Crippen LogP contribution is -2.46. The molecule has 11 nitrogen and oxygen atoms in total. The number of anilines is 1. The molecule has 1 N–H and O–H groups in total. The van der Waals surface area contributed by atoms with Crippen LogP contribution in [-0.4, -0.2) is 64.3 Å². The first-order valence-electron chi connectivity index (χ1n) is 13.0. The van der Waals surface area contributed by atoms with Crippen molar-refractivity contribution in [3.8, 4) is 11.3 Å². The van der Waals surface area contributed by atoms with Crippen LogP contribution in [0.25, 0.3) is 22.2 Å². The van der Waals surface area contributed by atoms with Gasteiger partial charge in [-0.1, -0.05) is 6.92 Å². The van der Waals surface area contributed by atoms with Crippen LogP contribution >= 0.6 is 15.9 Å². The standard InChI is InChI=1S/C28H27BrN8O3/c1-14-5-23(29)33-24(6-14)34-27(40)20-8-28(4)9-22(28)37(20)25(39)13-36-21-12-32-19(17-10-30-16(3)31-11-17)7-18(21)26(35-36)15(2)38/h5-7,10-12,20,22H,8-9,13H2,1-4H3,(H,33,34,40)/t20-,22?,28-/m0/s1. The van der Waals surface area contributed by atoms with Gasteiger partial charge in [0.2, 0.25) is 11.8 Å². The average Bonchev–Trinajstić information content (AvgIpc) is 3.26. The number of ketones is 1. The SMILES string of the molecule is CC(=O)c1nn(CC(=O)N2C3C[C@]3(C)C[C@H]2C(=O)Nc2cc(C)cc(Br)n2)c2cnc(-c3cnc(C)nc3)cc12. The van der Waals surface area contributed by atoms with Gasteiger partial charge in [-0.2, -0.15) is 5.10 Å². The molecule has 0 spiro atoms. The maximum absolute atomic E-state index is 13.8. The first kappa shape index (κ1) is 26.2. The number of hydrogen-bond donors (Lipinski definition) is 1. The molecule has 1 aliphatic heterocycles. The Bertz CT molecular complexity index is 1680. The van der Waals surface area contributed by atoms with Crippen molar-refractivity contribution in [2.75, 3.05) is 5.32 Å². The summed E-state index contributed by atoms with van der Waals surface area (Å²) in [5.74, 6) is 0.344. The molecule has 1 unspecified atom stereocenters. The van der Waals surface area contributed by atoms with E-state index in [1.54, 1.807) is 42.5 Å². The molecule has 5 heterocycles. The van der Waals surface area contributed by atoms with E-state index in [0.717, 1.165) is 12.0 Å². The summed E-state index contributed by atoms with van der Waals surface area (Å²) < 4.78 is 2.12. The minimum absolute atomic E-state index is 0.0201. The lowest BCUT2D eigenvalue weighted by molar-refractivity contribution is -0.138. The summed E-state index contributed by atoms with van der Waals surface area (Å²) in [6, 6.07) is 4.76. The number of pyridine rings is 2. The smallest absolute Gasteiger partial charge is 0.248 e. The van der Waals surface area contributed by atoms with Crippen LogP contribution in [0.15, 0.2) is 41.4 Å². The second kappa shape index (κ2) is 9.54. The van der Waals surface area contributed by atoms with Crippen LogP contribution in [0, 0.1) is 19.3 Å². The van der Waals surface area contributed by atoms with Gasteiger partial charge in [-0.3, -0.25) is 24.0 Å². The monoisotopic (exact) mass is 602 g/mol. The summed E-state index contributed by atoms with van der Waals surface area (Å²) in [4.78, 5) is 58.6. The fourth-order valence-corrected chi connectivity index (χ4v) is 6.16. The number of amides is 2. The molecule has 40 heavy (non-hydrogen) atoms. The third kappa shape index (κ3) is 4.66. The maximum atomic E-state index is 13.8. The van der Waals surface area contributed by atoms with Crippen LogP contribution in [0.3, 0.4) is 0 Å². The van der Waals surface area contributed by atoms with Gasteiger partial charge in [0.25, 0.3) is 0 Å². The molecule has 1 saturated carbocycles. The van der Waals surface area contributed by atoms with Crippen molar-refractivity contribution in [1.82, 2.24) is 34.6 Å². The van der Waals surface area contributed by atoms with E-state index in [1.807, 2.05) is 13.0 Å². The number of nitrogens with zero attached hydrogens (tertiary/aromatic N) is 7. The quantitative estimate of drug-likeness (QED) is 0.259. The first-order valence-corrected chi connectivity index (χ1v) is 13.7. The Morgan fingerprint density at radius 3 is 2.52 bits per heavy atom. The van der Waals surface area contributed by atoms with E-state index in [9.17, 15) is 14.4 Å². The molecule has 1 saturated heterocycles. The number of Topliss-reactive ketones (excluding diaryl/α,β-unsaturated/α-hetero) is 1. The molecule has 4 aromatic rings. The van der Waals surface area contributed by atoms with Gasteiger partial charge in [0.15, 0.2) is 5.78 Å². The highest BCUT2D eigenvalue weighted by molar-refractivity contribution is 9.10. The maximum Gasteiger partial charge on any atom is 0.248 e. The number of fused-ring (bicyclic) bond motifs is 2. The number of carbonyl (C=O) groups is 3. The Labute approximate surface area is 238 Å². The minimum Gasteiger partial charge on any atom is -0.325 e. The van der Waals surface area contributed by atoms with Gasteiger partial charge >= 0.3 is 0 Å². The zero-order valence-corrected chi connectivity index (χ0v) is 24.1. The molecule has 204 valence electrons. The average molecular weight is 603 g/mol. The molecular weight excluding hydrogens is 576 g/mol. The van der Waals surface area contributed by atoms with Crippen LogP contribution in [0.4, 0.5) is 5.82 Å². The predicted molar refractivity (Wildman–Crippen MR) is 150 cm³/mol. The highest BCUT2D eigenvalue weighted by Crippen LogP contribution is 2.59. The van der Waals surface area contributed by atoms with E-state index in [4.69, 9.17) is 0 Å². The van der Waals surface area contributed by atoms with Gasteiger partial charge in [0.05, 0.1) is 17.4 Å². The third-order valence-corrected chi connectivity index (χ3v) is 8.15. The van der Waals surface area contributed by atoms with Crippen molar-refractivity contribution in [1.29, 1.82) is 0 Å². The topological polar surface area (TPSA) is 136 Å². The number of rotatable bonds is 6. The van der Waals surface area contributed by atoms with Crippen molar-refractivity contribution in [2.45, 2.75) is 59.2 Å². The van der Waals surface area contributed by atoms with Crippen molar-refractivity contribution in [2.24, 2.45) is 5.41 Å². The number of aryl methyl sites for hydroxylation is 2. The third-order valence-electron chi connectivity index (χ3n) is 7.75. The normalized spacial score (nSPS) is 21.4. The summed E-state index contributed by atoms with van der Waals surface area (Å²) in [7, 11) is 0. The summed E-state index contributed by atoms with van der Waals surface area (Å²) in [5, 5.41) is 7.97. The molecule has 2 fully saturated rings. The van der Waals surface area contributed by atoms with Gasteiger partial charge in [0.1, 0.15) is 34.5 Å². The summed E-state index contributed by atoms with van der Waals surface area (Å²) >= 11 is 3.36. The summed E-state index contributed by atoms with van der Waals surface area (Å²) in [6.45, 7) is 7.14. The van der Waals surface area contributed by atoms with E-state index in [-0.39, 0.29) is 41.3 Å². The second-order valence-electron chi connectivity index (χ2n) is 10.9. The fourth-order valence-electron chi connectivity index (χ4n) is 5.60. The van der Waals surface area contributed by atoms with Crippen LogP contribution in [0.1, 0.15) is 48.6 Å². The number of piperidine rings is 1. The molecule has 0 bridgehead atoms. The molecule has 6 rings (SSSR count). The molecule has 0 radical (unpaired) electrons. The Balaban J connectivity index is 1.28. The van der Waals surface area contributed by atoms with Gasteiger partial charge in [-0.05, 0) is 71.8 Å². The lowest BCUT2D eigenvalue weighted by Gasteiger charge is -2.27. The Hall–Kier alpha value is -4.06. The Morgan fingerprint density at radius 1 is 1.07 bits per heavy atom. The van der Waals surface area contributed by atoms with E-state index in [1.165, 1.54) is 11.6 Å². The molecule has 12 heteroatoms. The van der Waals surface area contributed by atoms with Crippen molar-refractivity contribution >= 4 is 50.2 Å². The highest BCUT2D eigenvalue weighted by Gasteiger charge is 2.64. The Morgan fingerprint density at radius 2 is 1.82 bits per heavy atom. The molecule has 0 aromatic carbocycles. The van der Waals surface area contributed by atoms with Crippen LogP contribution < -0.4 is 5.32 Å². The lowest BCUT2D eigenvalue weighted by atomic mass is 10.0. The molecule has 3 atom stereocenters. The van der Waals surface area contributed by atoms with Crippen molar-refractivity contribution in [3.05, 3.63) is 58.5 Å². The van der Waals surface area contributed by atoms with Gasteiger partial charge in [-0.25, -0.2) is 15.0 Å². The van der Waals surface area contributed by atoms with Crippen LogP contribution in [0.2, 0.25) is 0 Å². The van der Waals surface area contributed by atoms with Crippen molar-refractivity contribution in [3.63, 3.8) is 0 Å². The summed E-state index contributed by atoms with van der Waals surface area (Å²) in [5.41, 5.74) is 2.97. The zero-order valence-electron chi connectivity index (χ0n) is 22.5. The molecule has 2 amide bonds. The summed E-state index contributed by atoms with van der Waals surface area (Å²) in [6.07, 6.45) is 6.37. The largest absolute Gasteiger partial charge is 0.325 e. The molecule has 2 aliphatic rings. The Kier molecular flexibility index (Phi) is 6.25. The molecule has 1 aliphatic carbocycles. The number of hydrogen-bond acceptors (Lipinski definition) is 8. The fraction of sp³-hybridized carbons (Fsp3) is 0.357. The van der Waals surface area contributed by atoms with E-state index in [2.05, 4.69) is 53.2 Å². The number of carbonyl (C=O) groups excluding carboxylic acids is 3.